The number of hydrogen-bond donors (Lipinski definition) is 0. The van der Waals surface area contributed by atoms with Gasteiger partial charge >= 0.3 is 0 Å². The molecule has 1 fully saturated rings. The Morgan fingerprint density at radius 2 is 2.09 bits per heavy atom. The third-order valence-electron chi connectivity index (χ3n) is 4.89. The first kappa shape index (κ1) is 15.8. The molecule has 124 valence electrons. The van der Waals surface area contributed by atoms with Crippen molar-refractivity contribution in [2.75, 3.05) is 6.54 Å². The predicted molar refractivity (Wildman–Crippen MR) is 86.3 cm³/mol. The molecule has 0 saturated carbocycles. The fourth-order valence-corrected chi connectivity index (χ4v) is 3.66. The van der Waals surface area contributed by atoms with E-state index in [1.54, 1.807) is 0 Å². The first-order valence-corrected chi connectivity index (χ1v) is 8.21. The molecule has 0 bridgehead atoms. The van der Waals surface area contributed by atoms with Crippen LogP contribution in [0.15, 0.2) is 4.52 Å². The number of rotatable bonds is 3. The average molecular weight is 316 g/mol. The zero-order chi connectivity index (χ0) is 16.7. The number of carbonyl (C=O) groups is 1. The number of hydrogen-bond acceptors (Lipinski definition) is 4. The van der Waals surface area contributed by atoms with Crippen molar-refractivity contribution in [3.8, 4) is 0 Å². The first-order valence-electron chi connectivity index (χ1n) is 8.21. The second-order valence-electron chi connectivity index (χ2n) is 6.28. The number of likely N-dealkylation sites (tertiary alicyclic amines) is 1. The summed E-state index contributed by atoms with van der Waals surface area (Å²) in [7, 11) is 1.95. The number of carbonyl (C=O) groups excluding carboxylic acids is 1. The fourth-order valence-electron chi connectivity index (χ4n) is 3.66. The van der Waals surface area contributed by atoms with Gasteiger partial charge in [0.05, 0.1) is 17.4 Å². The molecule has 6 nitrogen and oxygen atoms in total. The van der Waals surface area contributed by atoms with Crippen LogP contribution in [0, 0.1) is 20.8 Å². The van der Waals surface area contributed by atoms with Crippen LogP contribution in [0.1, 0.15) is 64.6 Å². The Balaban J connectivity index is 1.99. The van der Waals surface area contributed by atoms with E-state index in [4.69, 9.17) is 4.52 Å². The molecule has 1 amide bonds. The van der Waals surface area contributed by atoms with Gasteiger partial charge in [-0.2, -0.15) is 5.10 Å². The van der Waals surface area contributed by atoms with E-state index < -0.39 is 0 Å². The topological polar surface area (TPSA) is 64.2 Å². The summed E-state index contributed by atoms with van der Waals surface area (Å²) in [4.78, 5) is 15.1. The lowest BCUT2D eigenvalue weighted by molar-refractivity contribution is 0.0732. The van der Waals surface area contributed by atoms with Crippen molar-refractivity contribution < 1.29 is 9.32 Å². The van der Waals surface area contributed by atoms with Crippen molar-refractivity contribution >= 4 is 5.91 Å². The van der Waals surface area contributed by atoms with Gasteiger partial charge in [-0.05, 0) is 40.0 Å². The van der Waals surface area contributed by atoms with Gasteiger partial charge in [-0.3, -0.25) is 9.48 Å². The van der Waals surface area contributed by atoms with Crippen molar-refractivity contribution in [2.45, 2.75) is 53.0 Å². The molecule has 0 aromatic carbocycles. The Bertz CT molecular complexity index is 744. The van der Waals surface area contributed by atoms with Crippen molar-refractivity contribution in [1.82, 2.24) is 19.8 Å². The van der Waals surface area contributed by atoms with Crippen molar-refractivity contribution in [2.24, 2.45) is 7.05 Å². The number of amides is 1. The molecule has 23 heavy (non-hydrogen) atoms. The molecule has 1 atom stereocenters. The van der Waals surface area contributed by atoms with E-state index in [1.165, 1.54) is 5.56 Å². The standard InChI is InChI=1S/C17H24N4O2/c1-6-13-16(12(4)23-19-13)17(22)21-9-7-8-14(21)15-10(2)18-20(5)11(15)3/h14H,6-9H2,1-5H3/t14-/m0/s1. The number of aryl methyl sites for hydroxylation is 4. The highest BCUT2D eigenvalue weighted by atomic mass is 16.5. The van der Waals surface area contributed by atoms with Gasteiger partial charge in [0.1, 0.15) is 11.3 Å². The lowest BCUT2D eigenvalue weighted by Crippen LogP contribution is -2.32. The summed E-state index contributed by atoms with van der Waals surface area (Å²) in [6, 6.07) is 0.0928. The van der Waals surface area contributed by atoms with Crippen LogP contribution in [0.3, 0.4) is 0 Å². The van der Waals surface area contributed by atoms with Gasteiger partial charge in [-0.15, -0.1) is 0 Å². The zero-order valence-corrected chi connectivity index (χ0v) is 14.5. The molecule has 0 radical (unpaired) electrons. The van der Waals surface area contributed by atoms with E-state index in [0.29, 0.717) is 17.7 Å². The Labute approximate surface area is 136 Å². The predicted octanol–water partition coefficient (Wildman–Crippen LogP) is 2.87. The highest BCUT2D eigenvalue weighted by Crippen LogP contribution is 2.37. The fraction of sp³-hybridized carbons (Fsp3) is 0.588. The Kier molecular flexibility index (Phi) is 4.00. The monoisotopic (exact) mass is 316 g/mol. The van der Waals surface area contributed by atoms with Gasteiger partial charge in [0, 0.05) is 24.8 Å². The van der Waals surface area contributed by atoms with Gasteiger partial charge in [0.25, 0.3) is 5.91 Å². The molecule has 6 heteroatoms. The lowest BCUT2D eigenvalue weighted by Gasteiger charge is -2.25. The Hall–Kier alpha value is -2.11. The van der Waals surface area contributed by atoms with Crippen LogP contribution < -0.4 is 0 Å². The summed E-state index contributed by atoms with van der Waals surface area (Å²) in [5, 5.41) is 8.54. The first-order chi connectivity index (χ1) is 11.0. The summed E-state index contributed by atoms with van der Waals surface area (Å²) < 4.78 is 7.14. The summed E-state index contributed by atoms with van der Waals surface area (Å²) >= 11 is 0. The molecule has 3 heterocycles. The second-order valence-corrected chi connectivity index (χ2v) is 6.28. The lowest BCUT2D eigenvalue weighted by atomic mass is 10.0. The van der Waals surface area contributed by atoms with E-state index in [9.17, 15) is 4.79 Å². The third kappa shape index (κ3) is 2.46. The van der Waals surface area contributed by atoms with E-state index in [0.717, 1.165) is 36.5 Å². The van der Waals surface area contributed by atoms with Gasteiger partial charge in [-0.1, -0.05) is 12.1 Å². The quantitative estimate of drug-likeness (QED) is 0.873. The minimum Gasteiger partial charge on any atom is -0.361 e. The minimum atomic E-state index is 0.0331. The van der Waals surface area contributed by atoms with Crippen LogP contribution in [0.5, 0.6) is 0 Å². The summed E-state index contributed by atoms with van der Waals surface area (Å²) in [5.41, 5.74) is 4.71. The van der Waals surface area contributed by atoms with Crippen molar-refractivity contribution in [3.05, 3.63) is 34.0 Å². The van der Waals surface area contributed by atoms with Crippen LogP contribution in [0.25, 0.3) is 0 Å². The van der Waals surface area contributed by atoms with E-state index in [1.807, 2.05) is 37.4 Å². The van der Waals surface area contributed by atoms with Crippen LogP contribution in [-0.2, 0) is 13.5 Å². The third-order valence-corrected chi connectivity index (χ3v) is 4.89. The highest BCUT2D eigenvalue weighted by molar-refractivity contribution is 5.96. The molecule has 1 aliphatic heterocycles. The second kappa shape index (κ2) is 5.83. The molecule has 0 spiro atoms. The maximum Gasteiger partial charge on any atom is 0.259 e. The minimum absolute atomic E-state index is 0.0331. The normalized spacial score (nSPS) is 18.0. The highest BCUT2D eigenvalue weighted by Gasteiger charge is 2.36. The van der Waals surface area contributed by atoms with Crippen LogP contribution in [0.4, 0.5) is 0 Å². The van der Waals surface area contributed by atoms with Crippen molar-refractivity contribution in [1.29, 1.82) is 0 Å². The summed E-state index contributed by atoms with van der Waals surface area (Å²) in [6.07, 6.45) is 2.68. The van der Waals surface area contributed by atoms with Crippen LogP contribution >= 0.6 is 0 Å². The van der Waals surface area contributed by atoms with E-state index in [-0.39, 0.29) is 11.9 Å². The van der Waals surface area contributed by atoms with E-state index in [2.05, 4.69) is 17.2 Å². The summed E-state index contributed by atoms with van der Waals surface area (Å²) in [6.45, 7) is 8.66. The SMILES string of the molecule is CCc1noc(C)c1C(=O)N1CCC[C@H]1c1c(C)nn(C)c1C. The molecule has 1 aliphatic rings. The van der Waals surface area contributed by atoms with Gasteiger partial charge in [-0.25, -0.2) is 0 Å². The molecule has 2 aromatic heterocycles. The molecule has 3 rings (SSSR count). The Morgan fingerprint density at radius 1 is 1.35 bits per heavy atom. The largest absolute Gasteiger partial charge is 0.361 e. The molecule has 1 saturated heterocycles. The average Bonchev–Trinajstić information content (AvgIpc) is 3.18. The Morgan fingerprint density at radius 3 is 2.70 bits per heavy atom. The van der Waals surface area contributed by atoms with Crippen LogP contribution in [-0.4, -0.2) is 32.3 Å². The summed E-state index contributed by atoms with van der Waals surface area (Å²) in [5.74, 6) is 0.642. The maximum atomic E-state index is 13.1. The zero-order valence-electron chi connectivity index (χ0n) is 14.5. The van der Waals surface area contributed by atoms with Crippen LogP contribution in [0.2, 0.25) is 0 Å². The van der Waals surface area contributed by atoms with E-state index >= 15 is 0 Å². The smallest absolute Gasteiger partial charge is 0.259 e. The van der Waals surface area contributed by atoms with Gasteiger partial charge in [0.2, 0.25) is 0 Å². The van der Waals surface area contributed by atoms with Gasteiger partial charge < -0.3 is 9.42 Å². The molecule has 2 aromatic rings. The molecule has 0 N–H and O–H groups in total. The number of aromatic nitrogens is 3. The molecular formula is C17H24N4O2. The maximum absolute atomic E-state index is 13.1. The molecular weight excluding hydrogens is 292 g/mol. The van der Waals surface area contributed by atoms with Gasteiger partial charge in [0.15, 0.2) is 0 Å². The molecule has 0 aliphatic carbocycles. The number of nitrogens with zero attached hydrogens (tertiary/aromatic N) is 4. The van der Waals surface area contributed by atoms with Crippen molar-refractivity contribution in [3.63, 3.8) is 0 Å². The molecule has 0 unspecified atom stereocenters.